The highest BCUT2D eigenvalue weighted by Crippen LogP contribution is 2.22. The zero-order chi connectivity index (χ0) is 12.3. The predicted molar refractivity (Wildman–Crippen MR) is 64.1 cm³/mol. The van der Waals surface area contributed by atoms with Gasteiger partial charge >= 0.3 is 6.09 Å². The van der Waals surface area contributed by atoms with Gasteiger partial charge in [0.2, 0.25) is 0 Å². The van der Waals surface area contributed by atoms with Crippen LogP contribution in [-0.4, -0.2) is 35.2 Å². The van der Waals surface area contributed by atoms with Crippen molar-refractivity contribution in [2.24, 2.45) is 5.73 Å². The molecule has 0 spiro atoms. The number of carbonyl (C=O) groups is 1. The van der Waals surface area contributed by atoms with E-state index in [0.717, 1.165) is 12.8 Å². The Hall–Kier alpha value is -1.03. The van der Waals surface area contributed by atoms with Crippen LogP contribution in [0.5, 0.6) is 0 Å². The first kappa shape index (κ1) is 13.0. The van der Waals surface area contributed by atoms with Gasteiger partial charge in [0.05, 0.1) is 0 Å². The van der Waals surface area contributed by atoms with Gasteiger partial charge in [-0.2, -0.15) is 0 Å². The van der Waals surface area contributed by atoms with Gasteiger partial charge < -0.3 is 15.4 Å². The molecule has 4 nitrogen and oxygen atoms in total. The highest BCUT2D eigenvalue weighted by atomic mass is 16.6. The van der Waals surface area contributed by atoms with Crippen LogP contribution in [0.2, 0.25) is 0 Å². The predicted octanol–water partition coefficient (Wildman–Crippen LogP) is 1.90. The van der Waals surface area contributed by atoms with E-state index in [9.17, 15) is 4.79 Å². The van der Waals surface area contributed by atoms with Crippen molar-refractivity contribution < 1.29 is 9.53 Å². The molecule has 1 saturated heterocycles. The third kappa shape index (κ3) is 3.52. The normalized spacial score (nSPS) is 25.6. The summed E-state index contributed by atoms with van der Waals surface area (Å²) in [5.74, 6) is 0. The fourth-order valence-corrected chi connectivity index (χ4v) is 1.91. The molecule has 16 heavy (non-hydrogen) atoms. The lowest BCUT2D eigenvalue weighted by atomic mass is 10.1. The Kier molecular flexibility index (Phi) is 3.97. The standard InChI is InChI=1S/C12H22N2O2/c1-5-6-10-7-9(13)8-14(10)11(15)16-12(2,3)4/h5,9-10H,1,6-8,13H2,2-4H3. The number of amides is 1. The second-order valence-electron chi connectivity index (χ2n) is 5.31. The third-order valence-electron chi connectivity index (χ3n) is 2.51. The molecule has 1 fully saturated rings. The van der Waals surface area contributed by atoms with Crippen LogP contribution in [0.15, 0.2) is 12.7 Å². The molecule has 0 aliphatic carbocycles. The van der Waals surface area contributed by atoms with E-state index in [2.05, 4.69) is 6.58 Å². The number of nitrogens with zero attached hydrogens (tertiary/aromatic N) is 1. The Morgan fingerprint density at radius 3 is 2.75 bits per heavy atom. The molecule has 0 saturated carbocycles. The van der Waals surface area contributed by atoms with E-state index in [-0.39, 0.29) is 18.2 Å². The van der Waals surface area contributed by atoms with Crippen molar-refractivity contribution in [3.05, 3.63) is 12.7 Å². The monoisotopic (exact) mass is 226 g/mol. The zero-order valence-electron chi connectivity index (χ0n) is 10.4. The maximum Gasteiger partial charge on any atom is 0.410 e. The molecule has 1 rings (SSSR count). The zero-order valence-corrected chi connectivity index (χ0v) is 10.4. The van der Waals surface area contributed by atoms with Crippen LogP contribution in [0.4, 0.5) is 4.79 Å². The first-order valence-corrected chi connectivity index (χ1v) is 5.69. The minimum absolute atomic E-state index is 0.0532. The summed E-state index contributed by atoms with van der Waals surface area (Å²) in [7, 11) is 0. The fourth-order valence-electron chi connectivity index (χ4n) is 1.91. The topological polar surface area (TPSA) is 55.6 Å². The van der Waals surface area contributed by atoms with Crippen LogP contribution in [0, 0.1) is 0 Å². The van der Waals surface area contributed by atoms with Crippen molar-refractivity contribution >= 4 is 6.09 Å². The Balaban J connectivity index is 2.63. The Morgan fingerprint density at radius 1 is 1.62 bits per heavy atom. The molecule has 1 amide bonds. The summed E-state index contributed by atoms with van der Waals surface area (Å²) in [5, 5.41) is 0. The highest BCUT2D eigenvalue weighted by molar-refractivity contribution is 5.69. The van der Waals surface area contributed by atoms with Crippen LogP contribution in [0.1, 0.15) is 33.6 Å². The summed E-state index contributed by atoms with van der Waals surface area (Å²) in [6.45, 7) is 9.87. The van der Waals surface area contributed by atoms with E-state index in [1.165, 1.54) is 0 Å². The van der Waals surface area contributed by atoms with Gasteiger partial charge in [-0.3, -0.25) is 0 Å². The van der Waals surface area contributed by atoms with E-state index in [0.29, 0.717) is 6.54 Å². The van der Waals surface area contributed by atoms with Gasteiger partial charge in [0.25, 0.3) is 0 Å². The molecule has 2 N–H and O–H groups in total. The van der Waals surface area contributed by atoms with Gasteiger partial charge in [0.1, 0.15) is 5.60 Å². The molecule has 0 aromatic heterocycles. The number of likely N-dealkylation sites (tertiary alicyclic amines) is 1. The van der Waals surface area contributed by atoms with Crippen LogP contribution in [0.3, 0.4) is 0 Å². The summed E-state index contributed by atoms with van der Waals surface area (Å²) in [5.41, 5.74) is 5.41. The lowest BCUT2D eigenvalue weighted by molar-refractivity contribution is 0.0227. The number of hydrogen-bond donors (Lipinski definition) is 1. The Bertz CT molecular complexity index is 271. The summed E-state index contributed by atoms with van der Waals surface area (Å²) in [6, 6.07) is 0.194. The molecule has 0 radical (unpaired) electrons. The molecular weight excluding hydrogens is 204 g/mol. The molecule has 0 aromatic carbocycles. The van der Waals surface area contributed by atoms with Crippen molar-refractivity contribution in [2.45, 2.75) is 51.3 Å². The van der Waals surface area contributed by atoms with E-state index in [1.54, 1.807) is 4.90 Å². The summed E-state index contributed by atoms with van der Waals surface area (Å²) in [4.78, 5) is 13.6. The van der Waals surface area contributed by atoms with E-state index >= 15 is 0 Å². The average Bonchev–Trinajstić information content (AvgIpc) is 2.44. The van der Waals surface area contributed by atoms with Crippen LogP contribution >= 0.6 is 0 Å². The van der Waals surface area contributed by atoms with E-state index in [4.69, 9.17) is 10.5 Å². The lowest BCUT2D eigenvalue weighted by Gasteiger charge is -2.28. The van der Waals surface area contributed by atoms with Gasteiger partial charge in [-0.05, 0) is 33.6 Å². The largest absolute Gasteiger partial charge is 0.444 e. The van der Waals surface area contributed by atoms with Crippen LogP contribution in [-0.2, 0) is 4.74 Å². The first-order valence-electron chi connectivity index (χ1n) is 5.69. The molecule has 1 aliphatic rings. The molecule has 0 bridgehead atoms. The quantitative estimate of drug-likeness (QED) is 0.732. The summed E-state index contributed by atoms with van der Waals surface area (Å²) >= 11 is 0. The fraction of sp³-hybridized carbons (Fsp3) is 0.750. The highest BCUT2D eigenvalue weighted by Gasteiger charge is 2.35. The number of rotatable bonds is 2. The average molecular weight is 226 g/mol. The minimum atomic E-state index is -0.456. The molecule has 4 heteroatoms. The molecule has 1 heterocycles. The van der Waals surface area contributed by atoms with Crippen molar-refractivity contribution in [2.75, 3.05) is 6.54 Å². The maximum atomic E-state index is 11.9. The van der Waals surface area contributed by atoms with Gasteiger partial charge in [-0.15, -0.1) is 6.58 Å². The van der Waals surface area contributed by atoms with Crippen molar-refractivity contribution in [3.63, 3.8) is 0 Å². The smallest absolute Gasteiger partial charge is 0.410 e. The first-order chi connectivity index (χ1) is 7.33. The van der Waals surface area contributed by atoms with Crippen LogP contribution in [0.25, 0.3) is 0 Å². The maximum absolute atomic E-state index is 11.9. The van der Waals surface area contributed by atoms with Gasteiger partial charge in [-0.25, -0.2) is 4.79 Å². The Morgan fingerprint density at radius 2 is 2.25 bits per heavy atom. The van der Waals surface area contributed by atoms with Crippen LogP contribution < -0.4 is 5.73 Å². The minimum Gasteiger partial charge on any atom is -0.444 e. The summed E-state index contributed by atoms with van der Waals surface area (Å²) in [6.07, 6.45) is 3.14. The number of nitrogens with two attached hydrogens (primary N) is 1. The lowest BCUT2D eigenvalue weighted by Crippen LogP contribution is -2.40. The molecule has 1 aliphatic heterocycles. The van der Waals surface area contributed by atoms with E-state index in [1.807, 2.05) is 26.8 Å². The number of ether oxygens (including phenoxy) is 1. The number of carbonyl (C=O) groups excluding carboxylic acids is 1. The second kappa shape index (κ2) is 4.87. The van der Waals surface area contributed by atoms with Gasteiger partial charge in [-0.1, -0.05) is 6.08 Å². The third-order valence-corrected chi connectivity index (χ3v) is 2.51. The van der Waals surface area contributed by atoms with Gasteiger partial charge in [0.15, 0.2) is 0 Å². The second-order valence-corrected chi connectivity index (χ2v) is 5.31. The molecule has 2 unspecified atom stereocenters. The molecule has 2 atom stereocenters. The number of hydrogen-bond acceptors (Lipinski definition) is 3. The van der Waals surface area contributed by atoms with Crippen molar-refractivity contribution in [3.8, 4) is 0 Å². The molecule has 92 valence electrons. The van der Waals surface area contributed by atoms with Crippen molar-refractivity contribution in [1.82, 2.24) is 4.90 Å². The SMILES string of the molecule is C=CCC1CC(N)CN1C(=O)OC(C)(C)C. The Labute approximate surface area is 97.4 Å². The van der Waals surface area contributed by atoms with E-state index < -0.39 is 5.60 Å². The molecular formula is C12H22N2O2. The molecule has 0 aromatic rings. The van der Waals surface area contributed by atoms with Crippen molar-refractivity contribution in [1.29, 1.82) is 0 Å². The van der Waals surface area contributed by atoms with Gasteiger partial charge in [0, 0.05) is 18.6 Å². The summed E-state index contributed by atoms with van der Waals surface area (Å²) < 4.78 is 5.34.